The Balaban J connectivity index is 1.97. The molecule has 2 rings (SSSR count). The van der Waals surface area contributed by atoms with Gasteiger partial charge in [0.1, 0.15) is 5.56 Å². The number of nitrogens with one attached hydrogen (secondary N) is 3. The summed E-state index contributed by atoms with van der Waals surface area (Å²) in [4.78, 5) is 38.3. The molecule has 7 nitrogen and oxygen atoms in total. The molecule has 1 fully saturated rings. The lowest BCUT2D eigenvalue weighted by atomic mass is 9.86. The van der Waals surface area contributed by atoms with E-state index in [4.69, 9.17) is 0 Å². The number of H-pyrrole nitrogens is 2. The Morgan fingerprint density at radius 2 is 2.11 bits per heavy atom. The van der Waals surface area contributed by atoms with Crippen LogP contribution in [0.5, 0.6) is 0 Å². The van der Waals surface area contributed by atoms with Crippen molar-refractivity contribution in [3.63, 3.8) is 0 Å². The Morgan fingerprint density at radius 1 is 1.37 bits per heavy atom. The molecule has 0 spiro atoms. The standard InChI is InChI=1S/C12H17N3O4/c16-9-4-2-1-3-7(9)5-13-10(17)8-6-14-12(19)15-11(8)18/h6-7,9,16H,1-5H2,(H,13,17)(H2,14,15,18,19). The van der Waals surface area contributed by atoms with Gasteiger partial charge in [-0.05, 0) is 12.8 Å². The summed E-state index contributed by atoms with van der Waals surface area (Å²) in [6, 6.07) is 0. The van der Waals surface area contributed by atoms with Crippen LogP contribution in [0.4, 0.5) is 0 Å². The summed E-state index contributed by atoms with van der Waals surface area (Å²) in [5.74, 6) is -0.519. The van der Waals surface area contributed by atoms with Crippen molar-refractivity contribution in [3.05, 3.63) is 32.6 Å². The average molecular weight is 267 g/mol. The maximum atomic E-state index is 11.8. The van der Waals surface area contributed by atoms with Crippen LogP contribution < -0.4 is 16.6 Å². The molecular weight excluding hydrogens is 250 g/mol. The molecular formula is C12H17N3O4. The van der Waals surface area contributed by atoms with E-state index in [9.17, 15) is 19.5 Å². The van der Waals surface area contributed by atoms with E-state index in [0.29, 0.717) is 6.54 Å². The van der Waals surface area contributed by atoms with Gasteiger partial charge in [0.15, 0.2) is 0 Å². The molecule has 7 heteroatoms. The molecule has 0 radical (unpaired) electrons. The molecule has 2 atom stereocenters. The number of aliphatic hydroxyl groups excluding tert-OH is 1. The number of hydrogen-bond acceptors (Lipinski definition) is 4. The van der Waals surface area contributed by atoms with Gasteiger partial charge in [0.05, 0.1) is 6.10 Å². The highest BCUT2D eigenvalue weighted by Gasteiger charge is 2.23. The molecule has 1 heterocycles. The van der Waals surface area contributed by atoms with Crippen LogP contribution in [-0.2, 0) is 0 Å². The van der Waals surface area contributed by atoms with Crippen LogP contribution in [-0.4, -0.2) is 33.6 Å². The van der Waals surface area contributed by atoms with Gasteiger partial charge in [-0.15, -0.1) is 0 Å². The van der Waals surface area contributed by atoms with Crippen LogP contribution in [0, 0.1) is 5.92 Å². The van der Waals surface area contributed by atoms with Crippen molar-refractivity contribution in [2.75, 3.05) is 6.54 Å². The van der Waals surface area contributed by atoms with E-state index in [1.54, 1.807) is 0 Å². The van der Waals surface area contributed by atoms with Gasteiger partial charge in [0.2, 0.25) is 0 Å². The fourth-order valence-electron chi connectivity index (χ4n) is 2.32. The number of carbonyl (C=O) groups is 1. The van der Waals surface area contributed by atoms with Crippen molar-refractivity contribution >= 4 is 5.91 Å². The molecule has 104 valence electrons. The predicted octanol–water partition coefficient (Wildman–Crippen LogP) is -0.656. The molecule has 0 bridgehead atoms. The van der Waals surface area contributed by atoms with Gasteiger partial charge >= 0.3 is 5.69 Å². The quantitative estimate of drug-likeness (QED) is 0.582. The topological polar surface area (TPSA) is 115 Å². The van der Waals surface area contributed by atoms with E-state index in [1.165, 1.54) is 0 Å². The smallest absolute Gasteiger partial charge is 0.325 e. The predicted molar refractivity (Wildman–Crippen MR) is 68.0 cm³/mol. The van der Waals surface area contributed by atoms with Crippen molar-refractivity contribution in [3.8, 4) is 0 Å². The number of rotatable bonds is 3. The number of amides is 1. The molecule has 1 aliphatic carbocycles. The molecule has 4 N–H and O–H groups in total. The highest BCUT2D eigenvalue weighted by atomic mass is 16.3. The monoisotopic (exact) mass is 267 g/mol. The minimum Gasteiger partial charge on any atom is -0.393 e. The second kappa shape index (κ2) is 5.83. The second-order valence-electron chi connectivity index (χ2n) is 4.81. The fraction of sp³-hybridized carbons (Fsp3) is 0.583. The van der Waals surface area contributed by atoms with Crippen molar-refractivity contribution in [1.29, 1.82) is 0 Å². The Morgan fingerprint density at radius 3 is 2.79 bits per heavy atom. The number of hydrogen-bond donors (Lipinski definition) is 4. The number of aromatic amines is 2. The Bertz CT molecular complexity index is 563. The fourth-order valence-corrected chi connectivity index (χ4v) is 2.32. The van der Waals surface area contributed by atoms with Crippen molar-refractivity contribution in [1.82, 2.24) is 15.3 Å². The van der Waals surface area contributed by atoms with E-state index in [1.807, 2.05) is 4.98 Å². The number of aliphatic hydroxyl groups is 1. The Kier molecular flexibility index (Phi) is 4.16. The normalized spacial score (nSPS) is 23.0. The Hall–Kier alpha value is -1.89. The van der Waals surface area contributed by atoms with Gasteiger partial charge in [-0.25, -0.2) is 4.79 Å². The largest absolute Gasteiger partial charge is 0.393 e. The first kappa shape index (κ1) is 13.5. The SMILES string of the molecule is O=C(NCC1CCCCC1O)c1c[nH]c(=O)[nH]c1=O. The summed E-state index contributed by atoms with van der Waals surface area (Å²) in [7, 11) is 0. The summed E-state index contributed by atoms with van der Waals surface area (Å²) < 4.78 is 0. The third-order valence-corrected chi connectivity index (χ3v) is 3.46. The lowest BCUT2D eigenvalue weighted by Crippen LogP contribution is -2.39. The number of carbonyl (C=O) groups excluding carboxylic acids is 1. The third-order valence-electron chi connectivity index (χ3n) is 3.46. The summed E-state index contributed by atoms with van der Waals surface area (Å²) >= 11 is 0. The summed E-state index contributed by atoms with van der Waals surface area (Å²) in [5.41, 5.74) is -1.50. The maximum absolute atomic E-state index is 11.8. The van der Waals surface area contributed by atoms with Gasteiger partial charge < -0.3 is 15.4 Å². The summed E-state index contributed by atoms with van der Waals surface area (Å²) in [6.45, 7) is 0.332. The maximum Gasteiger partial charge on any atom is 0.325 e. The average Bonchev–Trinajstić information content (AvgIpc) is 2.37. The molecule has 0 saturated heterocycles. The minimum atomic E-state index is -0.717. The molecule has 1 aromatic rings. The van der Waals surface area contributed by atoms with Crippen LogP contribution in [0.3, 0.4) is 0 Å². The zero-order valence-electron chi connectivity index (χ0n) is 10.4. The third kappa shape index (κ3) is 3.31. The van der Waals surface area contributed by atoms with Crippen LogP contribution in [0.15, 0.2) is 15.8 Å². The molecule has 0 aliphatic heterocycles. The van der Waals surface area contributed by atoms with Crippen molar-refractivity contribution < 1.29 is 9.90 Å². The van der Waals surface area contributed by atoms with Crippen LogP contribution in [0.25, 0.3) is 0 Å². The van der Waals surface area contributed by atoms with Crippen LogP contribution in [0.1, 0.15) is 36.0 Å². The molecule has 2 unspecified atom stereocenters. The molecule has 1 amide bonds. The lowest BCUT2D eigenvalue weighted by molar-refractivity contribution is 0.0662. The first-order valence-corrected chi connectivity index (χ1v) is 6.36. The van der Waals surface area contributed by atoms with E-state index in [0.717, 1.165) is 31.9 Å². The zero-order valence-corrected chi connectivity index (χ0v) is 10.4. The molecule has 1 aliphatic rings. The van der Waals surface area contributed by atoms with Crippen LogP contribution in [0.2, 0.25) is 0 Å². The first-order chi connectivity index (χ1) is 9.08. The van der Waals surface area contributed by atoms with Crippen LogP contribution >= 0.6 is 0 Å². The minimum absolute atomic E-state index is 0.0274. The molecule has 19 heavy (non-hydrogen) atoms. The zero-order chi connectivity index (χ0) is 13.8. The van der Waals surface area contributed by atoms with Gasteiger partial charge in [-0.3, -0.25) is 14.6 Å². The Labute approximate surface area is 109 Å². The van der Waals surface area contributed by atoms with Gasteiger partial charge in [0.25, 0.3) is 11.5 Å². The van der Waals surface area contributed by atoms with Crippen molar-refractivity contribution in [2.45, 2.75) is 31.8 Å². The molecule has 1 aromatic heterocycles. The van der Waals surface area contributed by atoms with Gasteiger partial charge in [-0.2, -0.15) is 0 Å². The van der Waals surface area contributed by atoms with Crippen molar-refractivity contribution in [2.24, 2.45) is 5.92 Å². The second-order valence-corrected chi connectivity index (χ2v) is 4.81. The summed E-state index contributed by atoms with van der Waals surface area (Å²) in [5, 5.41) is 12.4. The van der Waals surface area contributed by atoms with E-state index in [-0.39, 0.29) is 11.5 Å². The molecule has 1 saturated carbocycles. The summed E-state index contributed by atoms with van der Waals surface area (Å²) in [6.07, 6.45) is 4.35. The highest BCUT2D eigenvalue weighted by Crippen LogP contribution is 2.23. The van der Waals surface area contributed by atoms with E-state index < -0.39 is 23.3 Å². The van der Waals surface area contributed by atoms with E-state index in [2.05, 4.69) is 10.3 Å². The van der Waals surface area contributed by atoms with E-state index >= 15 is 0 Å². The highest BCUT2D eigenvalue weighted by molar-refractivity contribution is 5.93. The molecule has 0 aromatic carbocycles. The lowest BCUT2D eigenvalue weighted by Gasteiger charge is -2.27. The number of aromatic nitrogens is 2. The van der Waals surface area contributed by atoms with Gasteiger partial charge in [0, 0.05) is 18.7 Å². The van der Waals surface area contributed by atoms with Gasteiger partial charge in [-0.1, -0.05) is 12.8 Å². The first-order valence-electron chi connectivity index (χ1n) is 6.36.